The maximum Gasteiger partial charge on any atom is 0.353 e. The predicted octanol–water partition coefficient (Wildman–Crippen LogP) is 1.06. The van der Waals surface area contributed by atoms with Gasteiger partial charge < -0.3 is 26.0 Å². The molecule has 0 fully saturated rings. The number of nitrogens with one attached hydrogen (secondary N) is 3. The van der Waals surface area contributed by atoms with Crippen molar-refractivity contribution in [3.8, 4) is 5.75 Å². The summed E-state index contributed by atoms with van der Waals surface area (Å²) in [5, 5.41) is 17.4. The van der Waals surface area contributed by atoms with Crippen molar-refractivity contribution in [3.63, 3.8) is 0 Å². The lowest BCUT2D eigenvalue weighted by molar-refractivity contribution is -0.858. The fourth-order valence-corrected chi connectivity index (χ4v) is 2.40. The predicted molar refractivity (Wildman–Crippen MR) is 105 cm³/mol. The van der Waals surface area contributed by atoms with Crippen LogP contribution in [0.2, 0.25) is 0 Å². The lowest BCUT2D eigenvalue weighted by atomic mass is 10.3. The van der Waals surface area contributed by atoms with Crippen molar-refractivity contribution < 1.29 is 14.6 Å². The molecule has 0 spiro atoms. The molecule has 1 aromatic heterocycles. The van der Waals surface area contributed by atoms with E-state index in [4.69, 9.17) is 10.5 Å². The molecule has 2 aromatic rings. The zero-order chi connectivity index (χ0) is 19.8. The molecule has 0 radical (unpaired) electrons. The molecule has 5 N–H and O–H groups in total. The second kappa shape index (κ2) is 9.53. The fraction of sp³-hybridized carbons (Fsp3) is 0.412. The minimum absolute atomic E-state index is 0.0393. The van der Waals surface area contributed by atoms with E-state index < -0.39 is 4.92 Å². The number of nitrogens with two attached hydrogens (primary N) is 1. The number of rotatable bonds is 10. The van der Waals surface area contributed by atoms with Crippen LogP contribution >= 0.6 is 0 Å². The molecular weight excluding hydrogens is 350 g/mol. The minimum atomic E-state index is -0.592. The smallest absolute Gasteiger partial charge is 0.353 e. The van der Waals surface area contributed by atoms with E-state index in [0.29, 0.717) is 24.6 Å². The summed E-state index contributed by atoms with van der Waals surface area (Å²) < 4.78 is 5.39. The first-order chi connectivity index (χ1) is 12.9. The van der Waals surface area contributed by atoms with Crippen molar-refractivity contribution in [1.82, 2.24) is 9.97 Å². The minimum Gasteiger partial charge on any atom is -0.494 e. The maximum absolute atomic E-state index is 11.4. The topological polar surface area (TPSA) is 133 Å². The van der Waals surface area contributed by atoms with Crippen LogP contribution in [0.5, 0.6) is 5.75 Å². The lowest BCUT2D eigenvalue weighted by Crippen LogP contribution is -3.05. The van der Waals surface area contributed by atoms with Gasteiger partial charge >= 0.3 is 5.69 Å². The van der Waals surface area contributed by atoms with E-state index in [0.717, 1.165) is 13.0 Å². The van der Waals surface area contributed by atoms with Crippen LogP contribution in [0, 0.1) is 10.1 Å². The van der Waals surface area contributed by atoms with Gasteiger partial charge in [-0.3, -0.25) is 10.1 Å². The Labute approximate surface area is 157 Å². The Bertz CT molecular complexity index is 766. The zero-order valence-electron chi connectivity index (χ0n) is 15.8. The summed E-state index contributed by atoms with van der Waals surface area (Å²) in [6.07, 6.45) is 0.907. The second-order valence-corrected chi connectivity index (χ2v) is 6.21. The van der Waals surface area contributed by atoms with Crippen molar-refractivity contribution in [2.45, 2.75) is 13.3 Å². The SMILES string of the molecule is CCOc1ccc(Nc2nc(NCCC[NH+](C)C)nc(N)c2[N+](=O)[O-])cc1. The number of hydrogen-bond donors (Lipinski definition) is 4. The Balaban J connectivity index is 2.19. The zero-order valence-corrected chi connectivity index (χ0v) is 15.8. The molecule has 0 amide bonds. The standard InChI is InChI=1S/C17H25N7O3/c1-4-27-13-8-6-12(7-9-13)20-16-14(24(25)26)15(18)21-17(22-16)19-10-5-11-23(2)3/h6-9H,4-5,10-11H2,1-3H3,(H4,18,19,20,21,22)/p+1. The van der Waals surface area contributed by atoms with Gasteiger partial charge in [-0.15, -0.1) is 0 Å². The number of anilines is 4. The normalized spacial score (nSPS) is 10.7. The van der Waals surface area contributed by atoms with E-state index in [-0.39, 0.29) is 23.3 Å². The van der Waals surface area contributed by atoms with E-state index in [1.54, 1.807) is 24.3 Å². The first-order valence-electron chi connectivity index (χ1n) is 8.75. The number of ether oxygens (including phenoxy) is 1. The molecule has 0 aliphatic carbocycles. The number of aromatic nitrogens is 2. The van der Waals surface area contributed by atoms with Crippen LogP contribution in [0.4, 0.5) is 29.0 Å². The molecule has 0 bridgehead atoms. The number of nitrogens with zero attached hydrogens (tertiary/aromatic N) is 3. The largest absolute Gasteiger partial charge is 0.494 e. The van der Waals surface area contributed by atoms with E-state index in [9.17, 15) is 10.1 Å². The van der Waals surface area contributed by atoms with E-state index in [1.807, 2.05) is 6.92 Å². The van der Waals surface area contributed by atoms with Gasteiger partial charge in [-0.1, -0.05) is 0 Å². The number of nitrogen functional groups attached to an aromatic ring is 1. The molecule has 0 atom stereocenters. The molecule has 1 aromatic carbocycles. The summed E-state index contributed by atoms with van der Waals surface area (Å²) in [4.78, 5) is 20.4. The third kappa shape index (κ3) is 5.96. The van der Waals surface area contributed by atoms with Crippen LogP contribution in [-0.4, -0.2) is 48.7 Å². The van der Waals surface area contributed by atoms with Crippen LogP contribution in [0.25, 0.3) is 0 Å². The van der Waals surface area contributed by atoms with Gasteiger partial charge in [0.1, 0.15) is 5.75 Å². The molecule has 27 heavy (non-hydrogen) atoms. The molecule has 0 aliphatic heterocycles. The lowest BCUT2D eigenvalue weighted by Gasteiger charge is -2.12. The van der Waals surface area contributed by atoms with Crippen molar-refractivity contribution in [2.75, 3.05) is 50.2 Å². The first kappa shape index (κ1) is 20.2. The Kier molecular flexibility index (Phi) is 7.12. The van der Waals surface area contributed by atoms with Gasteiger partial charge in [-0.2, -0.15) is 9.97 Å². The second-order valence-electron chi connectivity index (χ2n) is 6.21. The summed E-state index contributed by atoms with van der Waals surface area (Å²) in [5.41, 5.74) is 6.07. The Morgan fingerprint density at radius 1 is 1.26 bits per heavy atom. The van der Waals surface area contributed by atoms with Gasteiger partial charge in [-0.25, -0.2) is 0 Å². The molecule has 10 nitrogen and oxygen atoms in total. The molecule has 0 aliphatic rings. The number of hydrogen-bond acceptors (Lipinski definition) is 8. The van der Waals surface area contributed by atoms with Gasteiger partial charge in [0.05, 0.1) is 32.2 Å². The third-order valence-electron chi connectivity index (χ3n) is 3.66. The monoisotopic (exact) mass is 376 g/mol. The molecule has 0 unspecified atom stereocenters. The van der Waals surface area contributed by atoms with Crippen LogP contribution in [0.1, 0.15) is 13.3 Å². The highest BCUT2D eigenvalue weighted by molar-refractivity contribution is 5.74. The van der Waals surface area contributed by atoms with Crippen LogP contribution < -0.4 is 26.0 Å². The van der Waals surface area contributed by atoms with Gasteiger partial charge in [-0.05, 0) is 31.2 Å². The summed E-state index contributed by atoms with van der Waals surface area (Å²) in [6.45, 7) is 4.08. The number of benzene rings is 1. The molecule has 10 heteroatoms. The van der Waals surface area contributed by atoms with Gasteiger partial charge in [0.25, 0.3) is 0 Å². The van der Waals surface area contributed by atoms with Gasteiger partial charge in [0.2, 0.25) is 17.6 Å². The molecule has 0 saturated carbocycles. The van der Waals surface area contributed by atoms with E-state index in [1.165, 1.54) is 4.90 Å². The van der Waals surface area contributed by atoms with Crippen LogP contribution in [-0.2, 0) is 0 Å². The number of nitro groups is 1. The molecule has 1 heterocycles. The van der Waals surface area contributed by atoms with Crippen molar-refractivity contribution in [3.05, 3.63) is 34.4 Å². The Morgan fingerprint density at radius 2 is 1.96 bits per heavy atom. The summed E-state index contributed by atoms with van der Waals surface area (Å²) in [7, 11) is 4.14. The average molecular weight is 376 g/mol. The fourth-order valence-electron chi connectivity index (χ4n) is 2.40. The summed E-state index contributed by atoms with van der Waals surface area (Å²) in [5.74, 6) is 0.812. The summed E-state index contributed by atoms with van der Waals surface area (Å²) in [6, 6.07) is 7.04. The Hall–Kier alpha value is -3.14. The van der Waals surface area contributed by atoms with E-state index in [2.05, 4.69) is 34.7 Å². The van der Waals surface area contributed by atoms with Crippen LogP contribution in [0.15, 0.2) is 24.3 Å². The van der Waals surface area contributed by atoms with Crippen LogP contribution in [0.3, 0.4) is 0 Å². The average Bonchev–Trinajstić information content (AvgIpc) is 2.60. The summed E-state index contributed by atoms with van der Waals surface area (Å²) >= 11 is 0. The van der Waals surface area contributed by atoms with Crippen molar-refractivity contribution >= 4 is 29.0 Å². The third-order valence-corrected chi connectivity index (χ3v) is 3.66. The molecule has 2 rings (SSSR count). The van der Waals surface area contributed by atoms with Crippen molar-refractivity contribution in [2.24, 2.45) is 0 Å². The maximum atomic E-state index is 11.4. The van der Waals surface area contributed by atoms with Gasteiger partial charge in [0, 0.05) is 18.7 Å². The first-order valence-corrected chi connectivity index (χ1v) is 8.75. The molecular formula is C17H26N7O3+. The van der Waals surface area contributed by atoms with Gasteiger partial charge in [0.15, 0.2) is 0 Å². The molecule has 146 valence electrons. The van der Waals surface area contributed by atoms with Crippen molar-refractivity contribution in [1.29, 1.82) is 0 Å². The Morgan fingerprint density at radius 3 is 2.56 bits per heavy atom. The van der Waals surface area contributed by atoms with E-state index >= 15 is 0 Å². The highest BCUT2D eigenvalue weighted by Crippen LogP contribution is 2.31. The highest BCUT2D eigenvalue weighted by Gasteiger charge is 2.23. The highest BCUT2D eigenvalue weighted by atomic mass is 16.6. The quantitative estimate of drug-likeness (QED) is 0.275. The molecule has 0 saturated heterocycles. The number of quaternary nitrogens is 1.